The standard InChI is InChI=1S/C9H14N2O2/c1-7(2)6-11-9(12)4-8(13-3)5-10-11/h4-5,7H,6H2,1-3H3. The van der Waals surface area contributed by atoms with Gasteiger partial charge in [-0.2, -0.15) is 5.10 Å². The molecule has 0 saturated carbocycles. The largest absolute Gasteiger partial charge is 0.495 e. The highest BCUT2D eigenvalue weighted by atomic mass is 16.5. The third-order valence-electron chi connectivity index (χ3n) is 1.62. The summed E-state index contributed by atoms with van der Waals surface area (Å²) in [5.41, 5.74) is -0.118. The molecule has 0 atom stereocenters. The van der Waals surface area contributed by atoms with E-state index < -0.39 is 0 Å². The van der Waals surface area contributed by atoms with Crippen molar-refractivity contribution in [3.8, 4) is 5.75 Å². The van der Waals surface area contributed by atoms with Crippen molar-refractivity contribution in [2.75, 3.05) is 7.11 Å². The Hall–Kier alpha value is -1.32. The van der Waals surface area contributed by atoms with Crippen LogP contribution < -0.4 is 10.3 Å². The third-order valence-corrected chi connectivity index (χ3v) is 1.62. The van der Waals surface area contributed by atoms with Crippen LogP contribution in [0.4, 0.5) is 0 Å². The predicted octanol–water partition coefficient (Wildman–Crippen LogP) is 0.908. The summed E-state index contributed by atoms with van der Waals surface area (Å²) in [6.45, 7) is 4.72. The van der Waals surface area contributed by atoms with Gasteiger partial charge in [0.15, 0.2) is 0 Å². The van der Waals surface area contributed by atoms with Gasteiger partial charge in [0.05, 0.1) is 13.3 Å². The zero-order valence-corrected chi connectivity index (χ0v) is 8.15. The van der Waals surface area contributed by atoms with Gasteiger partial charge in [-0.3, -0.25) is 4.79 Å². The monoisotopic (exact) mass is 182 g/mol. The van der Waals surface area contributed by atoms with Crippen LogP contribution in [0.3, 0.4) is 0 Å². The number of ether oxygens (including phenoxy) is 1. The van der Waals surface area contributed by atoms with Crippen molar-refractivity contribution in [2.45, 2.75) is 20.4 Å². The average molecular weight is 182 g/mol. The molecule has 4 nitrogen and oxygen atoms in total. The van der Waals surface area contributed by atoms with Gasteiger partial charge in [-0.25, -0.2) is 4.68 Å². The van der Waals surface area contributed by atoms with Crippen LogP contribution >= 0.6 is 0 Å². The highest BCUT2D eigenvalue weighted by molar-refractivity contribution is 5.13. The minimum atomic E-state index is -0.118. The average Bonchev–Trinajstić information content (AvgIpc) is 2.08. The summed E-state index contributed by atoms with van der Waals surface area (Å²) in [5, 5.41) is 3.97. The molecule has 0 spiro atoms. The Kier molecular flexibility index (Phi) is 3.06. The quantitative estimate of drug-likeness (QED) is 0.697. The molecule has 1 aromatic rings. The molecule has 0 aromatic carbocycles. The van der Waals surface area contributed by atoms with E-state index in [1.165, 1.54) is 17.9 Å². The number of aromatic nitrogens is 2. The van der Waals surface area contributed by atoms with Crippen molar-refractivity contribution in [3.63, 3.8) is 0 Å². The molecule has 0 bridgehead atoms. The van der Waals surface area contributed by atoms with E-state index in [-0.39, 0.29) is 5.56 Å². The van der Waals surface area contributed by atoms with Crippen LogP contribution in [0, 0.1) is 5.92 Å². The van der Waals surface area contributed by atoms with Gasteiger partial charge in [-0.05, 0) is 5.92 Å². The van der Waals surface area contributed by atoms with Crippen molar-refractivity contribution >= 4 is 0 Å². The second-order valence-electron chi connectivity index (χ2n) is 3.31. The second-order valence-corrected chi connectivity index (χ2v) is 3.31. The summed E-state index contributed by atoms with van der Waals surface area (Å²) in [6.07, 6.45) is 1.55. The van der Waals surface area contributed by atoms with Gasteiger partial charge >= 0.3 is 0 Å². The molecule has 0 aliphatic carbocycles. The maximum atomic E-state index is 11.4. The van der Waals surface area contributed by atoms with Crippen LogP contribution in [0.25, 0.3) is 0 Å². The summed E-state index contributed by atoms with van der Waals surface area (Å²) in [6, 6.07) is 1.44. The summed E-state index contributed by atoms with van der Waals surface area (Å²) in [7, 11) is 1.52. The molecule has 0 aliphatic rings. The Labute approximate surface area is 77.1 Å². The molecule has 1 heterocycles. The first-order chi connectivity index (χ1) is 6.13. The molecular formula is C9H14N2O2. The fourth-order valence-corrected chi connectivity index (χ4v) is 1.01. The maximum absolute atomic E-state index is 11.4. The smallest absolute Gasteiger partial charge is 0.270 e. The van der Waals surface area contributed by atoms with Crippen LogP contribution in [-0.2, 0) is 6.54 Å². The number of methoxy groups -OCH3 is 1. The van der Waals surface area contributed by atoms with Crippen molar-refractivity contribution in [1.29, 1.82) is 0 Å². The minimum Gasteiger partial charge on any atom is -0.495 e. The van der Waals surface area contributed by atoms with Gasteiger partial charge in [0, 0.05) is 12.6 Å². The Balaban J connectivity index is 2.92. The van der Waals surface area contributed by atoms with E-state index in [2.05, 4.69) is 5.10 Å². The molecule has 0 saturated heterocycles. The number of hydrogen-bond acceptors (Lipinski definition) is 3. The first-order valence-corrected chi connectivity index (χ1v) is 4.24. The number of rotatable bonds is 3. The fourth-order valence-electron chi connectivity index (χ4n) is 1.01. The Morgan fingerprint density at radius 2 is 2.31 bits per heavy atom. The van der Waals surface area contributed by atoms with Crippen molar-refractivity contribution in [2.24, 2.45) is 5.92 Å². The number of hydrogen-bond donors (Lipinski definition) is 0. The van der Waals surface area contributed by atoms with Gasteiger partial charge in [0.25, 0.3) is 5.56 Å². The van der Waals surface area contributed by atoms with Crippen molar-refractivity contribution < 1.29 is 4.74 Å². The Morgan fingerprint density at radius 3 is 2.77 bits per heavy atom. The lowest BCUT2D eigenvalue weighted by Gasteiger charge is -2.07. The Bertz CT molecular complexity index is 331. The lowest BCUT2D eigenvalue weighted by atomic mass is 10.2. The van der Waals surface area contributed by atoms with E-state index in [0.717, 1.165) is 0 Å². The highest BCUT2D eigenvalue weighted by Gasteiger charge is 2.01. The van der Waals surface area contributed by atoms with Gasteiger partial charge < -0.3 is 4.74 Å². The fraction of sp³-hybridized carbons (Fsp3) is 0.556. The lowest BCUT2D eigenvalue weighted by Crippen LogP contribution is -2.24. The topological polar surface area (TPSA) is 44.1 Å². The molecule has 4 heteroatoms. The molecule has 0 aliphatic heterocycles. The Morgan fingerprint density at radius 1 is 1.62 bits per heavy atom. The third kappa shape index (κ3) is 2.57. The summed E-state index contributed by atoms with van der Waals surface area (Å²) in [5.74, 6) is 0.920. The van der Waals surface area contributed by atoms with E-state index in [1.807, 2.05) is 13.8 Å². The normalized spacial score (nSPS) is 10.5. The summed E-state index contributed by atoms with van der Waals surface area (Å²) in [4.78, 5) is 11.4. The van der Waals surface area contributed by atoms with Crippen LogP contribution in [0.5, 0.6) is 5.75 Å². The van der Waals surface area contributed by atoms with Crippen molar-refractivity contribution in [1.82, 2.24) is 9.78 Å². The lowest BCUT2D eigenvalue weighted by molar-refractivity contribution is 0.399. The van der Waals surface area contributed by atoms with E-state index in [1.54, 1.807) is 6.20 Å². The van der Waals surface area contributed by atoms with Crippen LogP contribution in [0.15, 0.2) is 17.1 Å². The number of nitrogens with zero attached hydrogens (tertiary/aromatic N) is 2. The molecule has 0 unspecified atom stereocenters. The molecule has 13 heavy (non-hydrogen) atoms. The van der Waals surface area contributed by atoms with E-state index >= 15 is 0 Å². The molecule has 1 rings (SSSR count). The van der Waals surface area contributed by atoms with E-state index in [0.29, 0.717) is 18.2 Å². The predicted molar refractivity (Wildman–Crippen MR) is 49.9 cm³/mol. The molecule has 1 aromatic heterocycles. The van der Waals surface area contributed by atoms with Gasteiger partial charge in [-0.15, -0.1) is 0 Å². The zero-order chi connectivity index (χ0) is 9.84. The van der Waals surface area contributed by atoms with Gasteiger partial charge in [0.2, 0.25) is 0 Å². The molecular weight excluding hydrogens is 168 g/mol. The van der Waals surface area contributed by atoms with Crippen molar-refractivity contribution in [3.05, 3.63) is 22.6 Å². The molecule has 0 fully saturated rings. The SMILES string of the molecule is COc1cnn(CC(C)C)c(=O)c1. The first-order valence-electron chi connectivity index (χ1n) is 4.24. The minimum absolute atomic E-state index is 0.118. The van der Waals surface area contributed by atoms with E-state index in [4.69, 9.17) is 4.74 Å². The van der Waals surface area contributed by atoms with Gasteiger partial charge in [-0.1, -0.05) is 13.8 Å². The maximum Gasteiger partial charge on any atom is 0.270 e. The van der Waals surface area contributed by atoms with E-state index in [9.17, 15) is 4.79 Å². The van der Waals surface area contributed by atoms with Crippen LogP contribution in [0.1, 0.15) is 13.8 Å². The summed E-state index contributed by atoms with van der Waals surface area (Å²) < 4.78 is 6.32. The molecule has 0 radical (unpaired) electrons. The van der Waals surface area contributed by atoms with Crippen LogP contribution in [-0.4, -0.2) is 16.9 Å². The first kappa shape index (κ1) is 9.77. The molecule has 0 N–H and O–H groups in total. The summed E-state index contributed by atoms with van der Waals surface area (Å²) >= 11 is 0. The zero-order valence-electron chi connectivity index (χ0n) is 8.15. The van der Waals surface area contributed by atoms with Crippen LogP contribution in [0.2, 0.25) is 0 Å². The molecule has 0 amide bonds. The second kappa shape index (κ2) is 4.07. The molecule has 72 valence electrons. The van der Waals surface area contributed by atoms with Gasteiger partial charge in [0.1, 0.15) is 5.75 Å². The highest BCUT2D eigenvalue weighted by Crippen LogP contribution is 2.02.